The van der Waals surface area contributed by atoms with E-state index >= 15 is 0 Å². The molecule has 4 aromatic rings. The number of carbonyl (C=O) groups is 1. The molecule has 0 unspecified atom stereocenters. The number of hydrogen-bond acceptors (Lipinski definition) is 6. The number of aromatic nitrogens is 4. The normalized spacial score (nSPS) is 10.9. The van der Waals surface area contributed by atoms with Crippen LogP contribution in [0.4, 0.5) is 17.3 Å². The van der Waals surface area contributed by atoms with Crippen molar-refractivity contribution in [3.63, 3.8) is 0 Å². The highest BCUT2D eigenvalue weighted by Crippen LogP contribution is 2.23. The molecule has 2 aromatic carbocycles. The maximum absolute atomic E-state index is 13.1. The molecule has 0 aliphatic carbocycles. The van der Waals surface area contributed by atoms with Gasteiger partial charge in [0.2, 0.25) is 5.91 Å². The average molecular weight is 404 g/mol. The van der Waals surface area contributed by atoms with Crippen molar-refractivity contribution in [1.82, 2.24) is 20.0 Å². The predicted molar refractivity (Wildman–Crippen MR) is 114 cm³/mol. The second-order valence-corrected chi connectivity index (χ2v) is 6.70. The molecule has 2 aromatic heterocycles. The number of methoxy groups -OCH3 is 1. The summed E-state index contributed by atoms with van der Waals surface area (Å²) in [6, 6.07) is 16.0. The first-order chi connectivity index (χ1) is 14.5. The number of aryl methyl sites for hydroxylation is 1. The van der Waals surface area contributed by atoms with Crippen molar-refractivity contribution in [1.29, 1.82) is 0 Å². The molecule has 0 saturated carbocycles. The minimum absolute atomic E-state index is 0.0326. The molecule has 0 spiro atoms. The largest absolute Gasteiger partial charge is 0.375 e. The standard InChI is InChI=1S/C21H20N6O3/c1-13-11-18(25-24-13)23-20-16-5-3-4-6-17(16)21(29)27(26-20)15-9-7-14(8-10-15)22-19(28)12-30-2/h3-11H,12H2,1-2H3,(H,22,28)(H2,23,24,25,26). The van der Waals surface area contributed by atoms with Crippen LogP contribution in [0, 0.1) is 6.92 Å². The van der Waals surface area contributed by atoms with Crippen molar-refractivity contribution in [3.05, 3.63) is 70.6 Å². The van der Waals surface area contributed by atoms with E-state index in [0.29, 0.717) is 33.8 Å². The van der Waals surface area contributed by atoms with E-state index in [2.05, 4.69) is 25.9 Å². The fourth-order valence-corrected chi connectivity index (χ4v) is 3.07. The van der Waals surface area contributed by atoms with E-state index in [1.165, 1.54) is 11.8 Å². The second-order valence-electron chi connectivity index (χ2n) is 6.70. The van der Waals surface area contributed by atoms with Crippen LogP contribution in [0.15, 0.2) is 59.4 Å². The maximum Gasteiger partial charge on any atom is 0.279 e. The average Bonchev–Trinajstić information content (AvgIpc) is 3.16. The molecule has 2 heterocycles. The number of nitrogens with zero attached hydrogens (tertiary/aromatic N) is 3. The predicted octanol–water partition coefficient (Wildman–Crippen LogP) is 2.75. The van der Waals surface area contributed by atoms with Crippen molar-refractivity contribution in [2.45, 2.75) is 6.92 Å². The van der Waals surface area contributed by atoms with Crippen LogP contribution in [0.5, 0.6) is 0 Å². The van der Waals surface area contributed by atoms with Crippen molar-refractivity contribution in [3.8, 4) is 5.69 Å². The van der Waals surface area contributed by atoms with Gasteiger partial charge in [-0.3, -0.25) is 14.7 Å². The number of anilines is 3. The summed E-state index contributed by atoms with van der Waals surface area (Å²) in [6.07, 6.45) is 0. The van der Waals surface area contributed by atoms with Crippen molar-refractivity contribution < 1.29 is 9.53 Å². The lowest BCUT2D eigenvalue weighted by Gasteiger charge is -2.12. The summed E-state index contributed by atoms with van der Waals surface area (Å²) >= 11 is 0. The molecule has 0 aliphatic heterocycles. The fraction of sp³-hybridized carbons (Fsp3) is 0.143. The van der Waals surface area contributed by atoms with E-state index in [1.54, 1.807) is 30.3 Å². The zero-order valence-corrected chi connectivity index (χ0v) is 16.5. The first kappa shape index (κ1) is 19.3. The van der Waals surface area contributed by atoms with Crippen molar-refractivity contribution >= 4 is 34.0 Å². The summed E-state index contributed by atoms with van der Waals surface area (Å²) in [6.45, 7) is 1.87. The molecule has 0 aliphatic rings. The molecule has 0 bridgehead atoms. The zero-order chi connectivity index (χ0) is 21.1. The lowest BCUT2D eigenvalue weighted by atomic mass is 10.2. The number of amides is 1. The highest BCUT2D eigenvalue weighted by atomic mass is 16.5. The van der Waals surface area contributed by atoms with E-state index in [1.807, 2.05) is 31.2 Å². The smallest absolute Gasteiger partial charge is 0.279 e. The van der Waals surface area contributed by atoms with Gasteiger partial charge in [-0.1, -0.05) is 18.2 Å². The van der Waals surface area contributed by atoms with Crippen molar-refractivity contribution in [2.24, 2.45) is 0 Å². The molecule has 3 N–H and O–H groups in total. The van der Waals surface area contributed by atoms with Gasteiger partial charge in [0.1, 0.15) is 6.61 Å². The Morgan fingerprint density at radius 3 is 2.53 bits per heavy atom. The van der Waals surface area contributed by atoms with E-state index in [0.717, 1.165) is 5.69 Å². The maximum atomic E-state index is 13.1. The first-order valence-corrected chi connectivity index (χ1v) is 9.25. The Hall–Kier alpha value is -3.98. The van der Waals surface area contributed by atoms with Gasteiger partial charge in [-0.25, -0.2) is 0 Å². The molecular formula is C21H20N6O3. The Kier molecular flexibility index (Phi) is 5.27. The van der Waals surface area contributed by atoms with E-state index in [4.69, 9.17) is 4.74 Å². The topological polar surface area (TPSA) is 114 Å². The highest BCUT2D eigenvalue weighted by molar-refractivity contribution is 5.93. The number of ether oxygens (including phenoxy) is 1. The number of carbonyl (C=O) groups excluding carboxylic acids is 1. The van der Waals surface area contributed by atoms with Crippen LogP contribution in [0.3, 0.4) is 0 Å². The third-order valence-electron chi connectivity index (χ3n) is 4.43. The van der Waals surface area contributed by atoms with Gasteiger partial charge in [-0.05, 0) is 37.3 Å². The monoisotopic (exact) mass is 404 g/mol. The molecule has 0 saturated heterocycles. The van der Waals surface area contributed by atoms with Crippen LogP contribution in [0.2, 0.25) is 0 Å². The van der Waals surface area contributed by atoms with Gasteiger partial charge in [0.25, 0.3) is 5.56 Å². The number of aromatic amines is 1. The minimum Gasteiger partial charge on any atom is -0.375 e. The van der Waals surface area contributed by atoms with E-state index < -0.39 is 0 Å². The molecule has 1 amide bonds. The summed E-state index contributed by atoms with van der Waals surface area (Å²) < 4.78 is 6.13. The van der Waals surface area contributed by atoms with Gasteiger partial charge in [-0.15, -0.1) is 5.10 Å². The van der Waals surface area contributed by atoms with Gasteiger partial charge in [0.05, 0.1) is 11.1 Å². The van der Waals surface area contributed by atoms with Gasteiger partial charge in [-0.2, -0.15) is 9.78 Å². The second kappa shape index (κ2) is 8.18. The van der Waals surface area contributed by atoms with E-state index in [-0.39, 0.29) is 18.1 Å². The lowest BCUT2D eigenvalue weighted by molar-refractivity contribution is -0.119. The summed E-state index contributed by atoms with van der Waals surface area (Å²) in [5, 5.41) is 18.7. The van der Waals surface area contributed by atoms with Crippen LogP contribution in [-0.4, -0.2) is 39.6 Å². The Morgan fingerprint density at radius 2 is 1.87 bits per heavy atom. The number of benzene rings is 2. The lowest BCUT2D eigenvalue weighted by Crippen LogP contribution is -2.22. The number of fused-ring (bicyclic) bond motifs is 1. The third-order valence-corrected chi connectivity index (χ3v) is 4.43. The number of rotatable bonds is 6. The Morgan fingerprint density at radius 1 is 1.13 bits per heavy atom. The van der Waals surface area contributed by atoms with Crippen molar-refractivity contribution in [2.75, 3.05) is 24.4 Å². The molecule has 9 nitrogen and oxygen atoms in total. The molecular weight excluding hydrogens is 384 g/mol. The molecule has 0 atom stereocenters. The van der Waals surface area contributed by atoms with Gasteiger partial charge < -0.3 is 15.4 Å². The quantitative estimate of drug-likeness (QED) is 0.455. The van der Waals surface area contributed by atoms with E-state index in [9.17, 15) is 9.59 Å². The summed E-state index contributed by atoms with van der Waals surface area (Å²) in [5.41, 5.74) is 1.82. The molecule has 30 heavy (non-hydrogen) atoms. The molecule has 9 heteroatoms. The third kappa shape index (κ3) is 3.91. The molecule has 0 radical (unpaired) electrons. The molecule has 152 valence electrons. The summed E-state index contributed by atoms with van der Waals surface area (Å²) in [7, 11) is 1.45. The van der Waals surface area contributed by atoms with Crippen LogP contribution >= 0.6 is 0 Å². The first-order valence-electron chi connectivity index (χ1n) is 9.25. The van der Waals surface area contributed by atoms with Crippen LogP contribution < -0.4 is 16.2 Å². The Bertz CT molecular complexity index is 1260. The zero-order valence-electron chi connectivity index (χ0n) is 16.5. The molecule has 4 rings (SSSR count). The fourth-order valence-electron chi connectivity index (χ4n) is 3.07. The van der Waals surface area contributed by atoms with Crippen LogP contribution in [0.25, 0.3) is 16.5 Å². The number of hydrogen-bond donors (Lipinski definition) is 3. The number of H-pyrrole nitrogens is 1. The SMILES string of the molecule is COCC(=O)Nc1ccc(-n2nc(Nc3cc(C)[nH]n3)c3ccccc3c2=O)cc1. The Balaban J connectivity index is 1.74. The molecule has 0 fully saturated rings. The highest BCUT2D eigenvalue weighted by Gasteiger charge is 2.13. The Labute approximate surface area is 171 Å². The van der Waals surface area contributed by atoms with Gasteiger partial charge >= 0.3 is 0 Å². The summed E-state index contributed by atoms with van der Waals surface area (Å²) in [4.78, 5) is 24.7. The summed E-state index contributed by atoms with van der Waals surface area (Å²) in [5.74, 6) is 0.854. The van der Waals surface area contributed by atoms with Gasteiger partial charge in [0.15, 0.2) is 11.6 Å². The van der Waals surface area contributed by atoms with Crippen LogP contribution in [0.1, 0.15) is 5.69 Å². The minimum atomic E-state index is -0.257. The van der Waals surface area contributed by atoms with Gasteiger partial charge in [0, 0.05) is 29.9 Å². The number of nitrogens with one attached hydrogen (secondary N) is 3. The van der Waals surface area contributed by atoms with Crippen LogP contribution in [-0.2, 0) is 9.53 Å².